The van der Waals surface area contributed by atoms with Gasteiger partial charge in [-0.3, -0.25) is 9.59 Å². The van der Waals surface area contributed by atoms with Gasteiger partial charge < -0.3 is 15.4 Å². The van der Waals surface area contributed by atoms with E-state index in [0.717, 1.165) is 12.5 Å². The molecule has 0 saturated carbocycles. The van der Waals surface area contributed by atoms with E-state index < -0.39 is 17.8 Å². The van der Waals surface area contributed by atoms with Gasteiger partial charge in [0.05, 0.1) is 12.7 Å². The molecule has 0 radical (unpaired) electrons. The number of amides is 2. The summed E-state index contributed by atoms with van der Waals surface area (Å²) < 4.78 is 18.6. The van der Waals surface area contributed by atoms with Crippen molar-refractivity contribution in [3.8, 4) is 5.75 Å². The Bertz CT molecular complexity index is 505. The van der Waals surface area contributed by atoms with Crippen molar-refractivity contribution in [1.29, 1.82) is 0 Å². The summed E-state index contributed by atoms with van der Waals surface area (Å²) in [6.07, 6.45) is 1.36. The number of carbonyl (C=O) groups excluding carboxylic acids is 2. The second-order valence-corrected chi connectivity index (χ2v) is 4.31. The highest BCUT2D eigenvalue weighted by Crippen LogP contribution is 2.16. The summed E-state index contributed by atoms with van der Waals surface area (Å²) in [4.78, 5) is 23.4. The minimum Gasteiger partial charge on any atom is -0.497 e. The van der Waals surface area contributed by atoms with Crippen LogP contribution in [0, 0.1) is 5.82 Å². The molecule has 2 amide bonds. The number of nitrogens with one attached hydrogen (secondary N) is 2. The van der Waals surface area contributed by atoms with Crippen LogP contribution in [0.5, 0.6) is 5.75 Å². The predicted molar refractivity (Wildman–Crippen MR) is 66.4 cm³/mol. The number of halogens is 1. The number of hydrogen-bond acceptors (Lipinski definition) is 3. The molecule has 5 nitrogen and oxygen atoms in total. The van der Waals surface area contributed by atoms with Crippen LogP contribution in [0.15, 0.2) is 18.2 Å². The van der Waals surface area contributed by atoms with Crippen LogP contribution in [0.1, 0.15) is 23.2 Å². The van der Waals surface area contributed by atoms with Gasteiger partial charge in [-0.2, -0.15) is 0 Å². The third-order valence-corrected chi connectivity index (χ3v) is 3.01. The third kappa shape index (κ3) is 3.01. The smallest absolute Gasteiger partial charge is 0.254 e. The van der Waals surface area contributed by atoms with E-state index in [2.05, 4.69) is 10.6 Å². The Hall–Kier alpha value is -2.11. The van der Waals surface area contributed by atoms with Crippen molar-refractivity contribution in [2.24, 2.45) is 0 Å². The summed E-state index contributed by atoms with van der Waals surface area (Å²) in [5, 5.41) is 5.19. The van der Waals surface area contributed by atoms with Gasteiger partial charge in [0.1, 0.15) is 17.6 Å². The molecule has 0 aliphatic carbocycles. The van der Waals surface area contributed by atoms with Crippen LogP contribution in [0.25, 0.3) is 0 Å². The van der Waals surface area contributed by atoms with Crippen LogP contribution >= 0.6 is 0 Å². The molecule has 1 heterocycles. The number of hydrogen-bond donors (Lipinski definition) is 2. The highest BCUT2D eigenvalue weighted by atomic mass is 19.1. The topological polar surface area (TPSA) is 67.4 Å². The minimum atomic E-state index is -0.673. The van der Waals surface area contributed by atoms with E-state index in [1.165, 1.54) is 19.2 Å². The van der Waals surface area contributed by atoms with Crippen LogP contribution in [0.2, 0.25) is 0 Å². The van der Waals surface area contributed by atoms with E-state index >= 15 is 0 Å². The Kier molecular flexibility index (Phi) is 3.99. The molecule has 6 heteroatoms. The third-order valence-electron chi connectivity index (χ3n) is 3.01. The zero-order valence-electron chi connectivity index (χ0n) is 10.5. The first kappa shape index (κ1) is 13.3. The molecular formula is C13H15FN2O3. The maximum Gasteiger partial charge on any atom is 0.254 e. The fourth-order valence-electron chi connectivity index (χ4n) is 1.95. The molecule has 0 bridgehead atoms. The molecule has 0 aromatic heterocycles. The molecule has 2 N–H and O–H groups in total. The molecule has 19 heavy (non-hydrogen) atoms. The molecule has 2 rings (SSSR count). The fraction of sp³-hybridized carbons (Fsp3) is 0.385. The van der Waals surface area contributed by atoms with Crippen molar-refractivity contribution < 1.29 is 18.7 Å². The van der Waals surface area contributed by atoms with Gasteiger partial charge in [-0.05, 0) is 25.0 Å². The van der Waals surface area contributed by atoms with Crippen molar-refractivity contribution in [3.05, 3.63) is 29.6 Å². The Morgan fingerprint density at radius 2 is 2.32 bits per heavy atom. The van der Waals surface area contributed by atoms with E-state index in [-0.39, 0.29) is 11.5 Å². The zero-order valence-corrected chi connectivity index (χ0v) is 10.5. The van der Waals surface area contributed by atoms with Gasteiger partial charge in [-0.25, -0.2) is 4.39 Å². The average Bonchev–Trinajstić information content (AvgIpc) is 2.41. The van der Waals surface area contributed by atoms with Crippen molar-refractivity contribution in [2.45, 2.75) is 18.9 Å². The van der Waals surface area contributed by atoms with Gasteiger partial charge in [0.25, 0.3) is 5.91 Å². The highest BCUT2D eigenvalue weighted by Gasteiger charge is 2.25. The van der Waals surface area contributed by atoms with Gasteiger partial charge in [0, 0.05) is 12.6 Å². The Labute approximate surface area is 110 Å². The molecule has 1 atom stereocenters. The Morgan fingerprint density at radius 3 is 2.95 bits per heavy atom. The molecule has 1 aromatic rings. The summed E-state index contributed by atoms with van der Waals surface area (Å²) in [6.45, 7) is 0.613. The van der Waals surface area contributed by atoms with Gasteiger partial charge in [-0.1, -0.05) is 0 Å². The van der Waals surface area contributed by atoms with E-state index in [9.17, 15) is 14.0 Å². The molecule has 1 aliphatic rings. The monoisotopic (exact) mass is 266 g/mol. The molecule has 1 aliphatic heterocycles. The van der Waals surface area contributed by atoms with Crippen LogP contribution in [-0.4, -0.2) is 31.5 Å². The summed E-state index contributed by atoms with van der Waals surface area (Å²) >= 11 is 0. The lowest BCUT2D eigenvalue weighted by atomic mass is 10.1. The highest BCUT2D eigenvalue weighted by molar-refractivity contribution is 5.98. The lowest BCUT2D eigenvalue weighted by molar-refractivity contribution is -0.124. The van der Waals surface area contributed by atoms with Crippen molar-refractivity contribution in [3.63, 3.8) is 0 Å². The van der Waals surface area contributed by atoms with Gasteiger partial charge in [0.2, 0.25) is 5.91 Å². The van der Waals surface area contributed by atoms with Gasteiger partial charge in [0.15, 0.2) is 0 Å². The van der Waals surface area contributed by atoms with Gasteiger partial charge in [-0.15, -0.1) is 0 Å². The minimum absolute atomic E-state index is 0.0980. The zero-order chi connectivity index (χ0) is 13.8. The summed E-state index contributed by atoms with van der Waals surface area (Å²) in [5.41, 5.74) is -0.0980. The van der Waals surface area contributed by atoms with Gasteiger partial charge >= 0.3 is 0 Å². The largest absolute Gasteiger partial charge is 0.497 e. The molecule has 1 fully saturated rings. The van der Waals surface area contributed by atoms with Crippen molar-refractivity contribution in [2.75, 3.05) is 13.7 Å². The predicted octanol–water partition coefficient (Wildman–Crippen LogP) is 0.843. The summed E-state index contributed by atoms with van der Waals surface area (Å²) in [7, 11) is 1.42. The normalized spacial score (nSPS) is 18.6. The SMILES string of the molecule is COc1ccc(C(=O)NC2CCCNC2=O)c(F)c1. The van der Waals surface area contributed by atoms with E-state index in [1.807, 2.05) is 0 Å². The quantitative estimate of drug-likeness (QED) is 0.852. The molecule has 1 saturated heterocycles. The number of piperidine rings is 1. The Morgan fingerprint density at radius 1 is 1.53 bits per heavy atom. The molecule has 1 unspecified atom stereocenters. The van der Waals surface area contributed by atoms with Crippen LogP contribution in [0.3, 0.4) is 0 Å². The van der Waals surface area contributed by atoms with Crippen LogP contribution in [-0.2, 0) is 4.79 Å². The maximum atomic E-state index is 13.7. The molecule has 0 spiro atoms. The number of methoxy groups -OCH3 is 1. The molecule has 102 valence electrons. The number of rotatable bonds is 3. The fourth-order valence-corrected chi connectivity index (χ4v) is 1.95. The van der Waals surface area contributed by atoms with E-state index in [0.29, 0.717) is 18.7 Å². The second-order valence-electron chi connectivity index (χ2n) is 4.31. The lowest BCUT2D eigenvalue weighted by Gasteiger charge is -2.22. The van der Waals surface area contributed by atoms with Crippen molar-refractivity contribution in [1.82, 2.24) is 10.6 Å². The second kappa shape index (κ2) is 5.69. The first-order chi connectivity index (χ1) is 9.11. The molecule has 1 aromatic carbocycles. The summed E-state index contributed by atoms with van der Waals surface area (Å²) in [6, 6.07) is 3.38. The summed E-state index contributed by atoms with van der Waals surface area (Å²) in [5.74, 6) is -1.16. The first-order valence-electron chi connectivity index (χ1n) is 6.04. The average molecular weight is 266 g/mol. The van der Waals surface area contributed by atoms with E-state index in [4.69, 9.17) is 4.74 Å². The first-order valence-corrected chi connectivity index (χ1v) is 6.04. The van der Waals surface area contributed by atoms with Crippen LogP contribution in [0.4, 0.5) is 4.39 Å². The van der Waals surface area contributed by atoms with Crippen molar-refractivity contribution >= 4 is 11.8 Å². The maximum absolute atomic E-state index is 13.7. The number of benzene rings is 1. The standard InChI is InChI=1S/C13H15FN2O3/c1-19-8-4-5-9(10(14)7-8)12(17)16-11-3-2-6-15-13(11)18/h4-5,7,11H,2-3,6H2,1H3,(H,15,18)(H,16,17). The Balaban J connectivity index is 2.09. The number of ether oxygens (including phenoxy) is 1. The van der Waals surface area contributed by atoms with E-state index in [1.54, 1.807) is 0 Å². The number of carbonyl (C=O) groups is 2. The van der Waals surface area contributed by atoms with Crippen LogP contribution < -0.4 is 15.4 Å². The molecular weight excluding hydrogens is 251 g/mol. The lowest BCUT2D eigenvalue weighted by Crippen LogP contribution is -2.50.